The van der Waals surface area contributed by atoms with E-state index in [0.29, 0.717) is 24.6 Å². The Balaban J connectivity index is 0.00000364. The molecule has 0 aliphatic rings. The number of hydrogen-bond donors (Lipinski definition) is 3. The van der Waals surface area contributed by atoms with Crippen LogP contribution in [0.15, 0.2) is 47.5 Å². The van der Waals surface area contributed by atoms with Crippen molar-refractivity contribution in [1.29, 1.82) is 0 Å². The summed E-state index contributed by atoms with van der Waals surface area (Å²) in [6.45, 7) is 6.53. The molecule has 1 amide bonds. The number of hydrogen-bond acceptors (Lipinski definition) is 2. The SMILES string of the molecule is Cc1ccc(C(=O)NCCN=C(N)Nc2cccc(C(C)C)c2)cc1F.I. The zero-order chi connectivity index (χ0) is 19.1. The lowest BCUT2D eigenvalue weighted by Crippen LogP contribution is -2.28. The molecule has 0 fully saturated rings. The summed E-state index contributed by atoms with van der Waals surface area (Å²) in [7, 11) is 0. The highest BCUT2D eigenvalue weighted by molar-refractivity contribution is 14.0. The predicted octanol–water partition coefficient (Wildman–Crippen LogP) is 4.03. The summed E-state index contributed by atoms with van der Waals surface area (Å²) in [5, 5.41) is 5.73. The summed E-state index contributed by atoms with van der Waals surface area (Å²) >= 11 is 0. The molecule has 0 aliphatic heterocycles. The van der Waals surface area contributed by atoms with Gasteiger partial charge < -0.3 is 16.4 Å². The number of rotatable bonds is 6. The van der Waals surface area contributed by atoms with Crippen molar-refractivity contribution in [2.45, 2.75) is 26.7 Å². The fourth-order valence-corrected chi connectivity index (χ4v) is 2.34. The molecule has 2 aromatic rings. The molecule has 0 aromatic heterocycles. The molecule has 0 heterocycles. The smallest absolute Gasteiger partial charge is 0.251 e. The molecular weight excluding hydrogens is 458 g/mol. The van der Waals surface area contributed by atoms with Crippen molar-refractivity contribution in [2.24, 2.45) is 10.7 Å². The number of nitrogens with zero attached hydrogens (tertiary/aromatic N) is 1. The first-order valence-corrected chi connectivity index (χ1v) is 8.58. The molecule has 0 radical (unpaired) electrons. The van der Waals surface area contributed by atoms with E-state index in [-0.39, 0.29) is 41.4 Å². The van der Waals surface area contributed by atoms with Crippen LogP contribution in [0.5, 0.6) is 0 Å². The first-order valence-electron chi connectivity index (χ1n) is 8.58. The van der Waals surface area contributed by atoms with Crippen LogP contribution in [0.25, 0.3) is 0 Å². The average molecular weight is 484 g/mol. The topological polar surface area (TPSA) is 79.5 Å². The van der Waals surface area contributed by atoms with Crippen molar-refractivity contribution in [1.82, 2.24) is 5.32 Å². The van der Waals surface area contributed by atoms with Gasteiger partial charge in [0.25, 0.3) is 5.91 Å². The standard InChI is InChI=1S/C20H25FN4O.HI/c1-13(2)15-5-4-6-17(11-15)25-20(22)24-10-9-23-19(26)16-8-7-14(3)18(21)12-16;/h4-8,11-13H,9-10H2,1-3H3,(H,23,26)(H3,22,24,25);1H. The quantitative estimate of drug-likeness (QED) is 0.251. The zero-order valence-electron chi connectivity index (χ0n) is 15.8. The molecule has 146 valence electrons. The Labute approximate surface area is 176 Å². The van der Waals surface area contributed by atoms with Gasteiger partial charge in [0.1, 0.15) is 5.82 Å². The lowest BCUT2D eigenvalue weighted by molar-refractivity contribution is 0.0954. The van der Waals surface area contributed by atoms with Gasteiger partial charge in [-0.2, -0.15) is 0 Å². The van der Waals surface area contributed by atoms with Crippen LogP contribution < -0.4 is 16.4 Å². The molecule has 27 heavy (non-hydrogen) atoms. The fraction of sp³-hybridized carbons (Fsp3) is 0.300. The largest absolute Gasteiger partial charge is 0.370 e. The number of carbonyl (C=O) groups is 1. The highest BCUT2D eigenvalue weighted by atomic mass is 127. The van der Waals surface area contributed by atoms with Crippen LogP contribution in [-0.2, 0) is 0 Å². The summed E-state index contributed by atoms with van der Waals surface area (Å²) in [6.07, 6.45) is 0. The molecule has 0 saturated carbocycles. The van der Waals surface area contributed by atoms with Gasteiger partial charge in [0, 0.05) is 17.8 Å². The molecular formula is C20H26FIN4O. The highest BCUT2D eigenvalue weighted by Gasteiger charge is 2.07. The maximum atomic E-state index is 13.5. The number of nitrogens with one attached hydrogen (secondary N) is 2. The van der Waals surface area contributed by atoms with Gasteiger partial charge in [0.2, 0.25) is 0 Å². The second-order valence-electron chi connectivity index (χ2n) is 6.39. The van der Waals surface area contributed by atoms with E-state index in [1.54, 1.807) is 19.1 Å². The normalized spacial score (nSPS) is 11.1. The molecule has 2 aromatic carbocycles. The lowest BCUT2D eigenvalue weighted by atomic mass is 10.0. The number of guanidine groups is 1. The Morgan fingerprint density at radius 1 is 1.22 bits per heavy atom. The van der Waals surface area contributed by atoms with E-state index in [0.717, 1.165) is 5.69 Å². The molecule has 4 N–H and O–H groups in total. The van der Waals surface area contributed by atoms with Gasteiger partial charge in [-0.05, 0) is 48.2 Å². The minimum atomic E-state index is -0.396. The average Bonchev–Trinajstić information content (AvgIpc) is 2.61. The monoisotopic (exact) mass is 484 g/mol. The summed E-state index contributed by atoms with van der Waals surface area (Å²) in [6, 6.07) is 12.4. The van der Waals surface area contributed by atoms with E-state index in [1.165, 1.54) is 11.6 Å². The third kappa shape index (κ3) is 7.16. The Morgan fingerprint density at radius 2 is 1.96 bits per heavy atom. The van der Waals surface area contributed by atoms with Gasteiger partial charge in [-0.3, -0.25) is 9.79 Å². The van der Waals surface area contributed by atoms with Crippen molar-refractivity contribution in [3.63, 3.8) is 0 Å². The second-order valence-corrected chi connectivity index (χ2v) is 6.39. The first kappa shape index (κ1) is 22.9. The lowest BCUT2D eigenvalue weighted by Gasteiger charge is -2.10. The van der Waals surface area contributed by atoms with Crippen LogP contribution in [0.4, 0.5) is 10.1 Å². The molecule has 0 bridgehead atoms. The van der Waals surface area contributed by atoms with E-state index in [9.17, 15) is 9.18 Å². The van der Waals surface area contributed by atoms with E-state index in [4.69, 9.17) is 5.73 Å². The molecule has 0 aliphatic carbocycles. The predicted molar refractivity (Wildman–Crippen MR) is 120 cm³/mol. The van der Waals surface area contributed by atoms with E-state index in [1.807, 2.05) is 18.2 Å². The van der Waals surface area contributed by atoms with E-state index in [2.05, 4.69) is 35.5 Å². The molecule has 2 rings (SSSR count). The van der Waals surface area contributed by atoms with Crippen molar-refractivity contribution in [3.05, 3.63) is 65.0 Å². The Kier molecular flexibility index (Phi) is 9.20. The number of benzene rings is 2. The summed E-state index contributed by atoms with van der Waals surface area (Å²) in [5.74, 6) is -0.0266. The van der Waals surface area contributed by atoms with E-state index < -0.39 is 5.82 Å². The number of aliphatic imine (C=N–C) groups is 1. The number of aryl methyl sites for hydroxylation is 1. The van der Waals surface area contributed by atoms with Crippen LogP contribution in [0.2, 0.25) is 0 Å². The van der Waals surface area contributed by atoms with Crippen molar-refractivity contribution in [2.75, 3.05) is 18.4 Å². The maximum Gasteiger partial charge on any atom is 0.251 e. The van der Waals surface area contributed by atoms with Gasteiger partial charge in [0.15, 0.2) is 5.96 Å². The third-order valence-corrected chi connectivity index (χ3v) is 3.94. The molecule has 0 spiro atoms. The van der Waals surface area contributed by atoms with Gasteiger partial charge >= 0.3 is 0 Å². The Hall–Kier alpha value is -2.16. The number of nitrogens with two attached hydrogens (primary N) is 1. The number of anilines is 1. The number of carbonyl (C=O) groups excluding carboxylic acids is 1. The van der Waals surface area contributed by atoms with Crippen LogP contribution in [0.1, 0.15) is 41.3 Å². The third-order valence-electron chi connectivity index (χ3n) is 3.94. The van der Waals surface area contributed by atoms with Crippen molar-refractivity contribution < 1.29 is 9.18 Å². The number of halogens is 2. The van der Waals surface area contributed by atoms with Crippen LogP contribution in [0, 0.1) is 12.7 Å². The molecule has 7 heteroatoms. The molecule has 0 saturated heterocycles. The van der Waals surface area contributed by atoms with Crippen molar-refractivity contribution >= 4 is 41.5 Å². The molecule has 0 unspecified atom stereocenters. The minimum absolute atomic E-state index is 0. The fourth-order valence-electron chi connectivity index (χ4n) is 2.34. The van der Waals surface area contributed by atoms with Crippen LogP contribution in [-0.4, -0.2) is 25.0 Å². The maximum absolute atomic E-state index is 13.5. The van der Waals surface area contributed by atoms with Gasteiger partial charge in [0.05, 0.1) is 6.54 Å². The van der Waals surface area contributed by atoms with Crippen LogP contribution in [0.3, 0.4) is 0 Å². The first-order chi connectivity index (χ1) is 12.4. The Morgan fingerprint density at radius 3 is 2.63 bits per heavy atom. The summed E-state index contributed by atoms with van der Waals surface area (Å²) in [5.41, 5.74) is 8.75. The zero-order valence-corrected chi connectivity index (χ0v) is 18.1. The summed E-state index contributed by atoms with van der Waals surface area (Å²) < 4.78 is 13.5. The van der Waals surface area contributed by atoms with Crippen LogP contribution >= 0.6 is 24.0 Å². The van der Waals surface area contributed by atoms with E-state index >= 15 is 0 Å². The van der Waals surface area contributed by atoms with Gasteiger partial charge in [-0.1, -0.05) is 32.0 Å². The summed E-state index contributed by atoms with van der Waals surface area (Å²) in [4.78, 5) is 16.2. The molecule has 0 atom stereocenters. The minimum Gasteiger partial charge on any atom is -0.370 e. The molecule has 5 nitrogen and oxygen atoms in total. The second kappa shape index (κ2) is 10.9. The van der Waals surface area contributed by atoms with Gasteiger partial charge in [-0.25, -0.2) is 4.39 Å². The van der Waals surface area contributed by atoms with Gasteiger partial charge in [-0.15, -0.1) is 24.0 Å². The number of amides is 1. The van der Waals surface area contributed by atoms with Crippen molar-refractivity contribution in [3.8, 4) is 0 Å². The Bertz CT molecular complexity index is 808. The highest BCUT2D eigenvalue weighted by Crippen LogP contribution is 2.18.